The standard InChI is InChI=1S/C12H8BrClN4/c1-7-2-3-8(13)6-9(7)12-16-15-11-5-4-10(14)17-18(11)12/h2-6H,1H3. The Morgan fingerprint density at radius 2 is 2.00 bits per heavy atom. The van der Waals surface area contributed by atoms with Crippen LogP contribution < -0.4 is 0 Å². The second kappa shape index (κ2) is 4.33. The maximum Gasteiger partial charge on any atom is 0.185 e. The van der Waals surface area contributed by atoms with Crippen molar-refractivity contribution in [3.63, 3.8) is 0 Å². The highest BCUT2D eigenvalue weighted by Crippen LogP contribution is 2.25. The van der Waals surface area contributed by atoms with Gasteiger partial charge in [-0.2, -0.15) is 9.61 Å². The molecule has 18 heavy (non-hydrogen) atoms. The van der Waals surface area contributed by atoms with Crippen LogP contribution in [0.3, 0.4) is 0 Å². The van der Waals surface area contributed by atoms with Gasteiger partial charge in [0, 0.05) is 10.0 Å². The summed E-state index contributed by atoms with van der Waals surface area (Å²) in [5.74, 6) is 0.686. The van der Waals surface area contributed by atoms with Crippen LogP contribution in [0.15, 0.2) is 34.8 Å². The Balaban J connectivity index is 2.31. The summed E-state index contributed by atoms with van der Waals surface area (Å²) in [4.78, 5) is 0. The first-order valence-electron chi connectivity index (χ1n) is 5.29. The summed E-state index contributed by atoms with van der Waals surface area (Å²) in [5.41, 5.74) is 2.76. The molecule has 3 rings (SSSR count). The van der Waals surface area contributed by atoms with E-state index in [4.69, 9.17) is 11.6 Å². The SMILES string of the molecule is Cc1ccc(Br)cc1-c1nnc2ccc(Cl)nn12. The number of halogens is 2. The van der Waals surface area contributed by atoms with Gasteiger partial charge in [0.1, 0.15) is 5.15 Å². The lowest BCUT2D eigenvalue weighted by Gasteiger charge is -2.04. The molecule has 0 amide bonds. The Bertz CT molecular complexity index is 738. The van der Waals surface area contributed by atoms with Crippen molar-refractivity contribution in [3.05, 3.63) is 45.5 Å². The van der Waals surface area contributed by atoms with Crippen molar-refractivity contribution in [2.75, 3.05) is 0 Å². The predicted octanol–water partition coefficient (Wildman–Crippen LogP) is 3.52. The van der Waals surface area contributed by atoms with Gasteiger partial charge >= 0.3 is 0 Å². The fourth-order valence-corrected chi connectivity index (χ4v) is 2.27. The van der Waals surface area contributed by atoms with Crippen molar-refractivity contribution in [1.82, 2.24) is 19.8 Å². The van der Waals surface area contributed by atoms with Gasteiger partial charge in [-0.15, -0.1) is 10.2 Å². The van der Waals surface area contributed by atoms with Gasteiger partial charge in [-0.3, -0.25) is 0 Å². The number of aryl methyl sites for hydroxylation is 1. The minimum atomic E-state index is 0.413. The third kappa shape index (κ3) is 1.89. The van der Waals surface area contributed by atoms with Gasteiger partial charge in [-0.1, -0.05) is 33.6 Å². The lowest BCUT2D eigenvalue weighted by atomic mass is 10.1. The van der Waals surface area contributed by atoms with Gasteiger partial charge < -0.3 is 0 Å². The Morgan fingerprint density at radius 1 is 1.17 bits per heavy atom. The van der Waals surface area contributed by atoms with Crippen LogP contribution >= 0.6 is 27.5 Å². The van der Waals surface area contributed by atoms with E-state index in [2.05, 4.69) is 31.2 Å². The van der Waals surface area contributed by atoms with Crippen LogP contribution in [0.5, 0.6) is 0 Å². The van der Waals surface area contributed by atoms with Crippen LogP contribution in [0.2, 0.25) is 5.15 Å². The maximum absolute atomic E-state index is 5.91. The van der Waals surface area contributed by atoms with Crippen LogP contribution in [-0.2, 0) is 0 Å². The van der Waals surface area contributed by atoms with Crippen LogP contribution in [0.1, 0.15) is 5.56 Å². The van der Waals surface area contributed by atoms with E-state index in [1.54, 1.807) is 16.6 Å². The van der Waals surface area contributed by atoms with Crippen molar-refractivity contribution in [2.24, 2.45) is 0 Å². The molecule has 0 aliphatic heterocycles. The highest BCUT2D eigenvalue weighted by Gasteiger charge is 2.12. The van der Waals surface area contributed by atoms with Crippen molar-refractivity contribution in [2.45, 2.75) is 6.92 Å². The molecule has 6 heteroatoms. The molecule has 0 radical (unpaired) electrons. The number of benzene rings is 1. The molecule has 0 aliphatic carbocycles. The molecule has 0 N–H and O–H groups in total. The zero-order chi connectivity index (χ0) is 12.7. The molecule has 0 atom stereocenters. The Labute approximate surface area is 117 Å². The van der Waals surface area contributed by atoms with Crippen molar-refractivity contribution in [3.8, 4) is 11.4 Å². The fourth-order valence-electron chi connectivity index (χ4n) is 1.77. The number of aromatic nitrogens is 4. The zero-order valence-corrected chi connectivity index (χ0v) is 11.8. The van der Waals surface area contributed by atoms with Gasteiger partial charge in [-0.05, 0) is 36.8 Å². The Morgan fingerprint density at radius 3 is 2.83 bits per heavy atom. The normalized spacial score (nSPS) is 11.1. The van der Waals surface area contributed by atoms with E-state index in [0.717, 1.165) is 15.6 Å². The molecule has 0 spiro atoms. The van der Waals surface area contributed by atoms with Crippen molar-refractivity contribution < 1.29 is 0 Å². The van der Waals surface area contributed by atoms with Crippen molar-refractivity contribution >= 4 is 33.2 Å². The fraction of sp³-hybridized carbons (Fsp3) is 0.0833. The number of fused-ring (bicyclic) bond motifs is 1. The summed E-state index contributed by atoms with van der Waals surface area (Å²) in [5, 5.41) is 12.9. The highest BCUT2D eigenvalue weighted by atomic mass is 79.9. The highest BCUT2D eigenvalue weighted by molar-refractivity contribution is 9.10. The van der Waals surface area contributed by atoms with Gasteiger partial charge in [0.15, 0.2) is 11.5 Å². The van der Waals surface area contributed by atoms with Gasteiger partial charge in [0.05, 0.1) is 0 Å². The molecule has 90 valence electrons. The molecule has 3 aromatic rings. The number of rotatable bonds is 1. The topological polar surface area (TPSA) is 43.1 Å². The van der Waals surface area contributed by atoms with Crippen LogP contribution in [0.25, 0.3) is 17.0 Å². The van der Waals surface area contributed by atoms with Crippen LogP contribution in [0.4, 0.5) is 0 Å². The lowest BCUT2D eigenvalue weighted by molar-refractivity contribution is 0.935. The molecular formula is C12H8BrClN4. The van der Waals surface area contributed by atoms with Gasteiger partial charge in [0.2, 0.25) is 0 Å². The maximum atomic E-state index is 5.91. The average molecular weight is 324 g/mol. The van der Waals surface area contributed by atoms with E-state index < -0.39 is 0 Å². The first kappa shape index (κ1) is 11.6. The minimum Gasteiger partial charge on any atom is -0.191 e. The molecule has 0 saturated carbocycles. The molecule has 1 aromatic carbocycles. The second-order valence-corrected chi connectivity index (χ2v) is 5.21. The van der Waals surface area contributed by atoms with Gasteiger partial charge in [-0.25, -0.2) is 0 Å². The summed E-state index contributed by atoms with van der Waals surface area (Å²) < 4.78 is 2.64. The van der Waals surface area contributed by atoms with Gasteiger partial charge in [0.25, 0.3) is 0 Å². The molecule has 0 fully saturated rings. The summed E-state index contributed by atoms with van der Waals surface area (Å²) in [6.07, 6.45) is 0. The summed E-state index contributed by atoms with van der Waals surface area (Å²) in [6.45, 7) is 2.02. The molecule has 2 heterocycles. The predicted molar refractivity (Wildman–Crippen MR) is 73.7 cm³/mol. The summed E-state index contributed by atoms with van der Waals surface area (Å²) >= 11 is 9.37. The molecule has 0 aliphatic rings. The van der Waals surface area contributed by atoms with E-state index in [9.17, 15) is 0 Å². The summed E-state index contributed by atoms with van der Waals surface area (Å²) in [6, 6.07) is 9.49. The van der Waals surface area contributed by atoms with Crippen LogP contribution in [0, 0.1) is 6.92 Å². The molecular weight excluding hydrogens is 316 g/mol. The minimum absolute atomic E-state index is 0.413. The van der Waals surface area contributed by atoms with E-state index in [0.29, 0.717) is 16.6 Å². The lowest BCUT2D eigenvalue weighted by Crippen LogP contribution is -1.96. The number of nitrogens with zero attached hydrogens (tertiary/aromatic N) is 4. The average Bonchev–Trinajstić information content (AvgIpc) is 2.75. The molecule has 0 saturated heterocycles. The first-order valence-corrected chi connectivity index (χ1v) is 6.47. The number of hydrogen-bond acceptors (Lipinski definition) is 3. The molecule has 2 aromatic heterocycles. The van der Waals surface area contributed by atoms with E-state index in [1.807, 2.05) is 25.1 Å². The smallest absolute Gasteiger partial charge is 0.185 e. The largest absolute Gasteiger partial charge is 0.191 e. The zero-order valence-electron chi connectivity index (χ0n) is 9.43. The molecule has 0 unspecified atom stereocenters. The first-order chi connectivity index (χ1) is 8.65. The second-order valence-electron chi connectivity index (χ2n) is 3.91. The number of hydrogen-bond donors (Lipinski definition) is 0. The third-order valence-electron chi connectivity index (χ3n) is 2.67. The monoisotopic (exact) mass is 322 g/mol. The molecule has 0 bridgehead atoms. The summed E-state index contributed by atoms with van der Waals surface area (Å²) in [7, 11) is 0. The Kier molecular flexibility index (Phi) is 2.80. The van der Waals surface area contributed by atoms with E-state index >= 15 is 0 Å². The quantitative estimate of drug-likeness (QED) is 0.688. The van der Waals surface area contributed by atoms with E-state index in [-0.39, 0.29) is 0 Å². The third-order valence-corrected chi connectivity index (χ3v) is 3.37. The van der Waals surface area contributed by atoms with E-state index in [1.165, 1.54) is 0 Å². The van der Waals surface area contributed by atoms with Crippen LogP contribution in [-0.4, -0.2) is 19.8 Å². The molecule has 4 nitrogen and oxygen atoms in total. The Hall–Kier alpha value is -1.46. The van der Waals surface area contributed by atoms with Crippen molar-refractivity contribution in [1.29, 1.82) is 0 Å².